The topological polar surface area (TPSA) is 110 Å². The van der Waals surface area contributed by atoms with Crippen molar-refractivity contribution in [3.63, 3.8) is 0 Å². The molecule has 114 valence electrons. The molecule has 0 amide bonds. The third-order valence-electron chi connectivity index (χ3n) is 4.10. The summed E-state index contributed by atoms with van der Waals surface area (Å²) >= 11 is 0. The van der Waals surface area contributed by atoms with E-state index in [0.717, 1.165) is 11.2 Å². The second kappa shape index (κ2) is 5.28. The Morgan fingerprint density at radius 2 is 2.18 bits per heavy atom. The molecule has 0 aliphatic heterocycles. The van der Waals surface area contributed by atoms with E-state index < -0.39 is 0 Å². The Morgan fingerprint density at radius 1 is 1.32 bits per heavy atom. The van der Waals surface area contributed by atoms with Gasteiger partial charge < -0.3 is 16.0 Å². The van der Waals surface area contributed by atoms with Gasteiger partial charge in [0.2, 0.25) is 5.95 Å². The number of hydrogen-bond donors (Lipinski definition) is 3. The lowest BCUT2D eigenvalue weighted by Gasteiger charge is -2.09. The largest absolute Gasteiger partial charge is 0.368 e. The van der Waals surface area contributed by atoms with Crippen LogP contribution in [0.1, 0.15) is 37.4 Å². The fraction of sp³-hybridized carbons (Fsp3) is 0.429. The lowest BCUT2D eigenvalue weighted by atomic mass is 10.3. The third-order valence-corrected chi connectivity index (χ3v) is 4.10. The van der Waals surface area contributed by atoms with Crippen LogP contribution in [0.3, 0.4) is 0 Å². The molecule has 22 heavy (non-hydrogen) atoms. The second-order valence-corrected chi connectivity index (χ2v) is 5.61. The molecule has 0 bridgehead atoms. The van der Waals surface area contributed by atoms with Crippen LogP contribution in [0.5, 0.6) is 0 Å². The molecule has 3 aromatic rings. The molecule has 1 saturated carbocycles. The SMILES string of the molecule is Nc1nc(NCc2ccn(C3CCCC3)n2)c2[nH]cnc2n1. The monoisotopic (exact) mass is 298 g/mol. The fourth-order valence-corrected chi connectivity index (χ4v) is 3.00. The fourth-order valence-electron chi connectivity index (χ4n) is 3.00. The lowest BCUT2D eigenvalue weighted by Crippen LogP contribution is -2.08. The molecule has 0 radical (unpaired) electrons. The molecule has 1 aliphatic rings. The van der Waals surface area contributed by atoms with Crippen LogP contribution in [0.15, 0.2) is 18.6 Å². The highest BCUT2D eigenvalue weighted by Gasteiger charge is 2.17. The molecule has 0 spiro atoms. The number of H-pyrrole nitrogens is 1. The molecule has 1 fully saturated rings. The van der Waals surface area contributed by atoms with E-state index in [9.17, 15) is 0 Å². The summed E-state index contributed by atoms with van der Waals surface area (Å²) in [5.74, 6) is 0.856. The Kier molecular flexibility index (Phi) is 3.14. The minimum Gasteiger partial charge on any atom is -0.368 e. The first-order valence-corrected chi connectivity index (χ1v) is 7.54. The molecular formula is C14H18N8. The van der Waals surface area contributed by atoms with Gasteiger partial charge in [0.05, 0.1) is 24.6 Å². The summed E-state index contributed by atoms with van der Waals surface area (Å²) in [6.45, 7) is 0.588. The maximum atomic E-state index is 5.70. The summed E-state index contributed by atoms with van der Waals surface area (Å²) in [5.41, 5.74) is 8.00. The standard InChI is InChI=1S/C14H18N8/c15-14-19-12(11-13(20-14)18-8-17-11)16-7-9-5-6-22(21-9)10-3-1-2-4-10/h5-6,8,10H,1-4,7H2,(H4,15,16,17,18,19,20). The summed E-state index contributed by atoms with van der Waals surface area (Å²) in [7, 11) is 0. The highest BCUT2D eigenvalue weighted by atomic mass is 15.3. The van der Waals surface area contributed by atoms with Gasteiger partial charge in [-0.15, -0.1) is 0 Å². The molecule has 8 nitrogen and oxygen atoms in total. The Morgan fingerprint density at radius 3 is 3.05 bits per heavy atom. The molecule has 0 aromatic carbocycles. The van der Waals surface area contributed by atoms with Crippen molar-refractivity contribution in [1.82, 2.24) is 29.7 Å². The average molecular weight is 298 g/mol. The third kappa shape index (κ3) is 2.36. The van der Waals surface area contributed by atoms with Crippen molar-refractivity contribution >= 4 is 22.9 Å². The molecule has 3 aromatic heterocycles. The minimum atomic E-state index is 0.207. The summed E-state index contributed by atoms with van der Waals surface area (Å²) < 4.78 is 2.09. The number of fused-ring (bicyclic) bond motifs is 1. The zero-order valence-corrected chi connectivity index (χ0v) is 12.2. The highest BCUT2D eigenvalue weighted by Crippen LogP contribution is 2.28. The minimum absolute atomic E-state index is 0.207. The first-order chi connectivity index (χ1) is 10.8. The second-order valence-electron chi connectivity index (χ2n) is 5.61. The molecule has 4 N–H and O–H groups in total. The van der Waals surface area contributed by atoms with Crippen LogP contribution in [0.25, 0.3) is 11.2 Å². The van der Waals surface area contributed by atoms with Crippen LogP contribution in [0.2, 0.25) is 0 Å². The Labute approximate surface area is 127 Å². The van der Waals surface area contributed by atoms with Crippen molar-refractivity contribution < 1.29 is 0 Å². The molecular weight excluding hydrogens is 280 g/mol. The summed E-state index contributed by atoms with van der Waals surface area (Å²) in [6, 6.07) is 2.60. The number of aromatic nitrogens is 6. The number of hydrogen-bond acceptors (Lipinski definition) is 6. The van der Waals surface area contributed by atoms with E-state index in [1.54, 1.807) is 6.33 Å². The Bertz CT molecular complexity index is 783. The normalized spacial score (nSPS) is 15.6. The Balaban J connectivity index is 1.50. The van der Waals surface area contributed by atoms with Crippen molar-refractivity contribution in [3.8, 4) is 0 Å². The maximum Gasteiger partial charge on any atom is 0.224 e. The predicted octanol–water partition coefficient (Wildman–Crippen LogP) is 1.86. The van der Waals surface area contributed by atoms with Gasteiger partial charge in [-0.25, -0.2) is 4.98 Å². The van der Waals surface area contributed by atoms with Gasteiger partial charge in [-0.3, -0.25) is 4.68 Å². The molecule has 0 saturated heterocycles. The van der Waals surface area contributed by atoms with E-state index in [1.807, 2.05) is 6.07 Å². The van der Waals surface area contributed by atoms with Gasteiger partial charge in [-0.1, -0.05) is 12.8 Å². The molecule has 4 rings (SSSR count). The van der Waals surface area contributed by atoms with Gasteiger partial charge in [-0.2, -0.15) is 15.1 Å². The van der Waals surface area contributed by atoms with Crippen LogP contribution in [-0.4, -0.2) is 29.7 Å². The smallest absolute Gasteiger partial charge is 0.224 e. The van der Waals surface area contributed by atoms with Crippen molar-refractivity contribution in [1.29, 1.82) is 0 Å². The van der Waals surface area contributed by atoms with E-state index in [4.69, 9.17) is 5.73 Å². The van der Waals surface area contributed by atoms with Crippen molar-refractivity contribution in [2.24, 2.45) is 0 Å². The number of imidazole rings is 1. The van der Waals surface area contributed by atoms with Gasteiger partial charge in [0.15, 0.2) is 11.5 Å². The zero-order chi connectivity index (χ0) is 14.9. The van der Waals surface area contributed by atoms with E-state index in [0.29, 0.717) is 24.1 Å². The summed E-state index contributed by atoms with van der Waals surface area (Å²) in [4.78, 5) is 15.4. The van der Waals surface area contributed by atoms with Crippen molar-refractivity contribution in [2.45, 2.75) is 38.3 Å². The number of anilines is 2. The predicted molar refractivity (Wildman–Crippen MR) is 83.2 cm³/mol. The summed E-state index contributed by atoms with van der Waals surface area (Å²) in [5, 5.41) is 7.91. The number of rotatable bonds is 4. The molecule has 0 atom stereocenters. The Hall–Kier alpha value is -2.64. The van der Waals surface area contributed by atoms with E-state index in [2.05, 4.69) is 41.2 Å². The van der Waals surface area contributed by atoms with Crippen molar-refractivity contribution in [2.75, 3.05) is 11.1 Å². The van der Waals surface area contributed by atoms with Crippen LogP contribution in [0.4, 0.5) is 11.8 Å². The van der Waals surface area contributed by atoms with Gasteiger partial charge in [0, 0.05) is 6.20 Å². The number of nitrogens with zero attached hydrogens (tertiary/aromatic N) is 5. The van der Waals surface area contributed by atoms with Crippen molar-refractivity contribution in [3.05, 3.63) is 24.3 Å². The number of aromatic amines is 1. The van der Waals surface area contributed by atoms with E-state index in [1.165, 1.54) is 25.7 Å². The molecule has 0 unspecified atom stereocenters. The number of nitrogens with two attached hydrogens (primary N) is 1. The number of nitrogens with one attached hydrogen (secondary N) is 2. The van der Waals surface area contributed by atoms with Crippen LogP contribution in [0, 0.1) is 0 Å². The van der Waals surface area contributed by atoms with Gasteiger partial charge in [0.1, 0.15) is 5.52 Å². The van der Waals surface area contributed by atoms with Gasteiger partial charge in [-0.05, 0) is 18.9 Å². The van der Waals surface area contributed by atoms with Crippen LogP contribution in [-0.2, 0) is 6.54 Å². The van der Waals surface area contributed by atoms with Crippen LogP contribution >= 0.6 is 0 Å². The number of nitrogen functional groups attached to an aromatic ring is 1. The zero-order valence-electron chi connectivity index (χ0n) is 12.2. The average Bonchev–Trinajstić information content (AvgIpc) is 3.24. The lowest BCUT2D eigenvalue weighted by molar-refractivity contribution is 0.463. The first-order valence-electron chi connectivity index (χ1n) is 7.54. The van der Waals surface area contributed by atoms with Gasteiger partial charge in [0.25, 0.3) is 0 Å². The molecule has 1 aliphatic carbocycles. The highest BCUT2D eigenvalue weighted by molar-refractivity contribution is 5.83. The first kappa shape index (κ1) is 13.1. The van der Waals surface area contributed by atoms with Crippen LogP contribution < -0.4 is 11.1 Å². The summed E-state index contributed by atoms with van der Waals surface area (Å²) in [6.07, 6.45) is 8.70. The van der Waals surface area contributed by atoms with E-state index >= 15 is 0 Å². The molecule has 8 heteroatoms. The molecule has 3 heterocycles. The van der Waals surface area contributed by atoms with E-state index in [-0.39, 0.29) is 5.95 Å². The van der Waals surface area contributed by atoms with Gasteiger partial charge >= 0.3 is 0 Å². The quantitative estimate of drug-likeness (QED) is 0.678. The maximum absolute atomic E-state index is 5.70.